The smallest absolute Gasteiger partial charge is 0.229 e. The normalized spacial score (nSPS) is 11.9. The summed E-state index contributed by atoms with van der Waals surface area (Å²) in [6.07, 6.45) is 2.70. The molecule has 2 N–H and O–H groups in total. The lowest BCUT2D eigenvalue weighted by Gasteiger charge is -2.12. The van der Waals surface area contributed by atoms with Gasteiger partial charge >= 0.3 is 0 Å². The van der Waals surface area contributed by atoms with Crippen LogP contribution in [0.4, 0.5) is 21.8 Å². The molecule has 1 heterocycles. The molecule has 0 aliphatic carbocycles. The van der Waals surface area contributed by atoms with E-state index >= 15 is 0 Å². The first-order valence-electron chi connectivity index (χ1n) is 6.29. The molecule has 1 atom stereocenters. The van der Waals surface area contributed by atoms with Crippen LogP contribution in [-0.2, 0) is 0 Å². The first-order chi connectivity index (χ1) is 9.17. The monoisotopic (exact) mass is 260 g/mol. The average molecular weight is 260 g/mol. The quantitative estimate of drug-likeness (QED) is 0.863. The van der Waals surface area contributed by atoms with Crippen LogP contribution in [0, 0.1) is 5.82 Å². The Bertz CT molecular complexity index is 527. The Morgan fingerprint density at radius 1 is 1.21 bits per heavy atom. The van der Waals surface area contributed by atoms with Crippen molar-refractivity contribution in [3.8, 4) is 0 Å². The van der Waals surface area contributed by atoms with Crippen LogP contribution in [-0.4, -0.2) is 16.0 Å². The third kappa shape index (κ3) is 3.91. The summed E-state index contributed by atoms with van der Waals surface area (Å²) in [7, 11) is 0. The topological polar surface area (TPSA) is 49.8 Å². The minimum absolute atomic E-state index is 0.265. The van der Waals surface area contributed by atoms with Crippen molar-refractivity contribution in [2.75, 3.05) is 10.6 Å². The van der Waals surface area contributed by atoms with Gasteiger partial charge in [0.2, 0.25) is 5.95 Å². The van der Waals surface area contributed by atoms with Gasteiger partial charge in [-0.2, -0.15) is 4.98 Å². The maximum Gasteiger partial charge on any atom is 0.229 e. The average Bonchev–Trinajstić information content (AvgIpc) is 2.42. The highest BCUT2D eigenvalue weighted by Gasteiger charge is 2.03. The van der Waals surface area contributed by atoms with Crippen molar-refractivity contribution >= 4 is 17.5 Å². The van der Waals surface area contributed by atoms with Crippen LogP contribution in [0.3, 0.4) is 0 Å². The zero-order valence-corrected chi connectivity index (χ0v) is 11.0. The summed E-state index contributed by atoms with van der Waals surface area (Å²) in [5, 5.41) is 6.31. The lowest BCUT2D eigenvalue weighted by Crippen LogP contribution is -2.14. The third-order valence-corrected chi connectivity index (χ3v) is 2.76. The van der Waals surface area contributed by atoms with E-state index in [0.29, 0.717) is 12.0 Å². The van der Waals surface area contributed by atoms with E-state index in [1.165, 1.54) is 12.1 Å². The van der Waals surface area contributed by atoms with E-state index in [0.717, 1.165) is 17.9 Å². The summed E-state index contributed by atoms with van der Waals surface area (Å²) in [4.78, 5) is 8.49. The van der Waals surface area contributed by atoms with Crippen molar-refractivity contribution in [1.82, 2.24) is 9.97 Å². The van der Waals surface area contributed by atoms with Crippen molar-refractivity contribution < 1.29 is 4.39 Å². The fourth-order valence-corrected chi connectivity index (χ4v) is 1.52. The highest BCUT2D eigenvalue weighted by Crippen LogP contribution is 2.15. The van der Waals surface area contributed by atoms with Gasteiger partial charge in [-0.15, -0.1) is 0 Å². The summed E-state index contributed by atoms with van der Waals surface area (Å²) in [6.45, 7) is 4.20. The molecule has 0 radical (unpaired) electrons. The van der Waals surface area contributed by atoms with Crippen LogP contribution in [0.1, 0.15) is 20.3 Å². The maximum atomic E-state index is 12.8. The number of benzene rings is 1. The van der Waals surface area contributed by atoms with Crippen molar-refractivity contribution in [3.05, 3.63) is 42.3 Å². The van der Waals surface area contributed by atoms with Crippen LogP contribution in [0.25, 0.3) is 0 Å². The van der Waals surface area contributed by atoms with Gasteiger partial charge in [-0.3, -0.25) is 0 Å². The van der Waals surface area contributed by atoms with Crippen molar-refractivity contribution in [2.24, 2.45) is 0 Å². The molecule has 5 heteroatoms. The Morgan fingerprint density at radius 2 is 1.95 bits per heavy atom. The Hall–Kier alpha value is -2.17. The molecule has 0 spiro atoms. The zero-order chi connectivity index (χ0) is 13.7. The molecule has 2 aromatic rings. The molecule has 0 aliphatic heterocycles. The molecule has 2 rings (SSSR count). The number of aromatic nitrogens is 2. The Balaban J connectivity index is 2.08. The Kier molecular flexibility index (Phi) is 4.28. The number of nitrogens with one attached hydrogen (secondary N) is 2. The van der Waals surface area contributed by atoms with Gasteiger partial charge in [0.1, 0.15) is 11.6 Å². The second-order valence-corrected chi connectivity index (χ2v) is 4.35. The lowest BCUT2D eigenvalue weighted by atomic mass is 10.2. The molecule has 0 amide bonds. The van der Waals surface area contributed by atoms with E-state index in [4.69, 9.17) is 0 Å². The predicted molar refractivity (Wildman–Crippen MR) is 75.1 cm³/mol. The second-order valence-electron chi connectivity index (χ2n) is 4.35. The molecule has 0 saturated heterocycles. The highest BCUT2D eigenvalue weighted by atomic mass is 19.1. The SMILES string of the molecule is CCC(C)Nc1ccnc(Nc2ccc(F)cc2)n1. The van der Waals surface area contributed by atoms with Gasteiger partial charge in [0, 0.05) is 17.9 Å². The van der Waals surface area contributed by atoms with Crippen molar-refractivity contribution in [2.45, 2.75) is 26.3 Å². The number of halogens is 1. The summed E-state index contributed by atoms with van der Waals surface area (Å²) >= 11 is 0. The molecular weight excluding hydrogens is 243 g/mol. The number of rotatable bonds is 5. The molecule has 1 unspecified atom stereocenters. The molecular formula is C14H17FN4. The second kappa shape index (κ2) is 6.13. The van der Waals surface area contributed by atoms with Gasteiger partial charge in [0.15, 0.2) is 0 Å². The van der Waals surface area contributed by atoms with E-state index < -0.39 is 0 Å². The molecule has 0 aliphatic rings. The minimum Gasteiger partial charge on any atom is -0.367 e. The number of nitrogens with zero attached hydrogens (tertiary/aromatic N) is 2. The molecule has 1 aromatic heterocycles. The first-order valence-corrected chi connectivity index (χ1v) is 6.29. The van der Waals surface area contributed by atoms with E-state index in [1.54, 1.807) is 18.3 Å². The molecule has 4 nitrogen and oxygen atoms in total. The summed E-state index contributed by atoms with van der Waals surface area (Å²) in [6, 6.07) is 8.25. The number of hydrogen-bond donors (Lipinski definition) is 2. The van der Waals surface area contributed by atoms with Crippen molar-refractivity contribution in [1.29, 1.82) is 0 Å². The van der Waals surface area contributed by atoms with E-state index in [1.807, 2.05) is 6.07 Å². The van der Waals surface area contributed by atoms with Crippen LogP contribution in [0.5, 0.6) is 0 Å². The summed E-state index contributed by atoms with van der Waals surface area (Å²) < 4.78 is 12.8. The molecule has 1 aromatic carbocycles. The van der Waals surface area contributed by atoms with Gasteiger partial charge in [-0.1, -0.05) is 6.92 Å². The Labute approximate surface area is 112 Å². The molecule has 19 heavy (non-hydrogen) atoms. The number of anilines is 3. The van der Waals surface area contributed by atoms with Gasteiger partial charge in [-0.25, -0.2) is 9.37 Å². The van der Waals surface area contributed by atoms with Crippen LogP contribution >= 0.6 is 0 Å². The molecule has 0 fully saturated rings. The lowest BCUT2D eigenvalue weighted by molar-refractivity contribution is 0.628. The van der Waals surface area contributed by atoms with Crippen LogP contribution < -0.4 is 10.6 Å². The van der Waals surface area contributed by atoms with Crippen molar-refractivity contribution in [3.63, 3.8) is 0 Å². The zero-order valence-electron chi connectivity index (χ0n) is 11.0. The number of hydrogen-bond acceptors (Lipinski definition) is 4. The maximum absolute atomic E-state index is 12.8. The van der Waals surface area contributed by atoms with Crippen LogP contribution in [0.2, 0.25) is 0 Å². The Morgan fingerprint density at radius 3 is 2.63 bits per heavy atom. The fourth-order valence-electron chi connectivity index (χ4n) is 1.52. The summed E-state index contributed by atoms with van der Waals surface area (Å²) in [5.41, 5.74) is 0.752. The van der Waals surface area contributed by atoms with E-state index in [9.17, 15) is 4.39 Å². The largest absolute Gasteiger partial charge is 0.367 e. The van der Waals surface area contributed by atoms with E-state index in [2.05, 4.69) is 34.4 Å². The molecule has 0 bridgehead atoms. The third-order valence-electron chi connectivity index (χ3n) is 2.76. The van der Waals surface area contributed by atoms with Crippen LogP contribution in [0.15, 0.2) is 36.5 Å². The summed E-state index contributed by atoms with van der Waals surface area (Å²) in [5.74, 6) is 0.993. The predicted octanol–water partition coefficient (Wildman–Crippen LogP) is 3.57. The standard InChI is InChI=1S/C14H17FN4/c1-3-10(2)17-13-8-9-16-14(19-13)18-12-6-4-11(15)5-7-12/h4-10H,3H2,1-2H3,(H2,16,17,18,19). The highest BCUT2D eigenvalue weighted by molar-refractivity contribution is 5.54. The van der Waals surface area contributed by atoms with E-state index in [-0.39, 0.29) is 5.82 Å². The first kappa shape index (κ1) is 13.3. The minimum atomic E-state index is -0.265. The molecule has 100 valence electrons. The van der Waals surface area contributed by atoms with Gasteiger partial charge in [0.05, 0.1) is 0 Å². The van der Waals surface area contributed by atoms with Gasteiger partial charge in [0.25, 0.3) is 0 Å². The molecule has 0 saturated carbocycles. The fraction of sp³-hybridized carbons (Fsp3) is 0.286. The van der Waals surface area contributed by atoms with Gasteiger partial charge in [-0.05, 0) is 43.7 Å². The van der Waals surface area contributed by atoms with Gasteiger partial charge < -0.3 is 10.6 Å².